The molecule has 0 radical (unpaired) electrons. The molecule has 1 aromatic carbocycles. The fourth-order valence-electron chi connectivity index (χ4n) is 1.61. The first-order valence-electron chi connectivity index (χ1n) is 6.12. The molecule has 5 N–H and O–H groups in total. The molecule has 19 heavy (non-hydrogen) atoms. The Bertz CT molecular complexity index is 515. The van der Waals surface area contributed by atoms with Crippen molar-refractivity contribution in [2.24, 2.45) is 0 Å². The fourth-order valence-corrected chi connectivity index (χ4v) is 2.37. The van der Waals surface area contributed by atoms with Gasteiger partial charge in [0.15, 0.2) is 0 Å². The maximum absolute atomic E-state index is 11.6. The summed E-state index contributed by atoms with van der Waals surface area (Å²) >= 11 is 0. The monoisotopic (exact) mass is 287 g/mol. The van der Waals surface area contributed by atoms with Crippen molar-refractivity contribution in [3.8, 4) is 0 Å². The molecule has 108 valence electrons. The van der Waals surface area contributed by atoms with E-state index in [1.807, 2.05) is 0 Å². The molecule has 0 bridgehead atoms. The fraction of sp³-hybridized carbons (Fsp3) is 0.500. The number of anilines is 2. The van der Waals surface area contributed by atoms with Crippen LogP contribution >= 0.6 is 0 Å². The highest BCUT2D eigenvalue weighted by molar-refractivity contribution is 7.89. The molecule has 0 fully saturated rings. The van der Waals surface area contributed by atoms with E-state index in [1.165, 1.54) is 19.2 Å². The Morgan fingerprint density at radius 1 is 1.42 bits per heavy atom. The van der Waals surface area contributed by atoms with Crippen LogP contribution in [0.3, 0.4) is 0 Å². The Balaban J connectivity index is 2.68. The van der Waals surface area contributed by atoms with Gasteiger partial charge in [-0.3, -0.25) is 0 Å². The van der Waals surface area contributed by atoms with Crippen LogP contribution in [-0.2, 0) is 10.0 Å². The van der Waals surface area contributed by atoms with Crippen molar-refractivity contribution < 1.29 is 13.5 Å². The number of aliphatic hydroxyl groups is 1. The van der Waals surface area contributed by atoms with Gasteiger partial charge in [-0.1, -0.05) is 0 Å². The van der Waals surface area contributed by atoms with E-state index < -0.39 is 10.0 Å². The largest absolute Gasteiger partial charge is 0.397 e. The number of aliphatic hydroxyl groups excluding tert-OH is 1. The number of sulfonamides is 1. The van der Waals surface area contributed by atoms with Crippen LogP contribution in [0.1, 0.15) is 19.8 Å². The van der Waals surface area contributed by atoms with Crippen LogP contribution < -0.4 is 15.8 Å². The maximum atomic E-state index is 11.6. The Morgan fingerprint density at radius 3 is 2.63 bits per heavy atom. The zero-order valence-electron chi connectivity index (χ0n) is 11.2. The van der Waals surface area contributed by atoms with Gasteiger partial charge in [0.25, 0.3) is 0 Å². The van der Waals surface area contributed by atoms with Crippen molar-refractivity contribution >= 4 is 21.4 Å². The maximum Gasteiger partial charge on any atom is 0.240 e. The SMILES string of the molecule is CNS(=O)(=O)c1ccc(NCCCC(C)O)c(N)c1. The third-order valence-electron chi connectivity index (χ3n) is 2.72. The number of rotatable bonds is 7. The van der Waals surface area contributed by atoms with Gasteiger partial charge in [-0.25, -0.2) is 13.1 Å². The first kappa shape index (κ1) is 15.7. The van der Waals surface area contributed by atoms with Gasteiger partial charge in [0.1, 0.15) is 0 Å². The average Bonchev–Trinajstić information content (AvgIpc) is 2.35. The third-order valence-corrected chi connectivity index (χ3v) is 4.13. The quantitative estimate of drug-likeness (QED) is 0.437. The van der Waals surface area contributed by atoms with Crippen molar-refractivity contribution in [2.45, 2.75) is 30.8 Å². The summed E-state index contributed by atoms with van der Waals surface area (Å²) in [4.78, 5) is 0.141. The number of benzene rings is 1. The Labute approximate surface area is 114 Å². The van der Waals surface area contributed by atoms with Gasteiger partial charge in [0, 0.05) is 6.54 Å². The standard InChI is InChI=1S/C12H21N3O3S/c1-9(16)4-3-7-15-12-6-5-10(8-11(12)13)19(17,18)14-2/h5-6,8-9,14-16H,3-4,7,13H2,1-2H3. The molecule has 0 aliphatic heterocycles. The number of nitrogens with two attached hydrogens (primary N) is 1. The molecule has 0 aliphatic carbocycles. The first-order valence-corrected chi connectivity index (χ1v) is 7.60. The molecule has 0 heterocycles. The predicted molar refractivity (Wildman–Crippen MR) is 76.5 cm³/mol. The van der Waals surface area contributed by atoms with Crippen molar-refractivity contribution in [2.75, 3.05) is 24.6 Å². The molecule has 7 heteroatoms. The summed E-state index contributed by atoms with van der Waals surface area (Å²) in [6.45, 7) is 2.42. The van der Waals surface area contributed by atoms with Crippen LogP contribution in [0.15, 0.2) is 23.1 Å². The minimum absolute atomic E-state index is 0.141. The number of hydrogen-bond donors (Lipinski definition) is 4. The van der Waals surface area contributed by atoms with E-state index in [0.717, 1.165) is 6.42 Å². The van der Waals surface area contributed by atoms with Crippen molar-refractivity contribution in [3.05, 3.63) is 18.2 Å². The molecule has 0 spiro atoms. The van der Waals surface area contributed by atoms with Crippen LogP contribution in [0.4, 0.5) is 11.4 Å². The van der Waals surface area contributed by atoms with Gasteiger partial charge in [0.05, 0.1) is 22.4 Å². The topological polar surface area (TPSA) is 104 Å². The molecule has 0 aromatic heterocycles. The van der Waals surface area contributed by atoms with Crippen LogP contribution in [-0.4, -0.2) is 33.2 Å². The predicted octanol–water partition coefficient (Wildman–Crippen LogP) is 0.750. The lowest BCUT2D eigenvalue weighted by atomic mass is 10.2. The summed E-state index contributed by atoms with van der Waals surface area (Å²) in [6.07, 6.45) is 1.20. The van der Waals surface area contributed by atoms with Crippen LogP contribution in [0.5, 0.6) is 0 Å². The lowest BCUT2D eigenvalue weighted by Gasteiger charge is -2.11. The molecule has 0 aliphatic rings. The lowest BCUT2D eigenvalue weighted by Crippen LogP contribution is -2.19. The van der Waals surface area contributed by atoms with Crippen LogP contribution in [0.25, 0.3) is 0 Å². The van der Waals surface area contributed by atoms with Crippen LogP contribution in [0.2, 0.25) is 0 Å². The zero-order valence-corrected chi connectivity index (χ0v) is 12.0. The van der Waals surface area contributed by atoms with Gasteiger partial charge in [0.2, 0.25) is 10.0 Å². The second kappa shape index (κ2) is 6.74. The molecule has 1 aromatic rings. The Hall–Kier alpha value is -1.31. The number of hydrogen-bond acceptors (Lipinski definition) is 5. The van der Waals surface area contributed by atoms with E-state index in [0.29, 0.717) is 24.3 Å². The van der Waals surface area contributed by atoms with E-state index in [2.05, 4.69) is 10.0 Å². The van der Waals surface area contributed by atoms with E-state index in [9.17, 15) is 8.42 Å². The molecular weight excluding hydrogens is 266 g/mol. The third kappa shape index (κ3) is 4.70. The summed E-state index contributed by atoms with van der Waals surface area (Å²) < 4.78 is 25.4. The Kier molecular flexibility index (Phi) is 5.59. The van der Waals surface area contributed by atoms with Gasteiger partial charge < -0.3 is 16.2 Å². The second-order valence-corrected chi connectivity index (χ2v) is 6.26. The second-order valence-electron chi connectivity index (χ2n) is 4.37. The first-order chi connectivity index (χ1) is 8.86. The highest BCUT2D eigenvalue weighted by Gasteiger charge is 2.12. The van der Waals surface area contributed by atoms with Crippen molar-refractivity contribution in [1.82, 2.24) is 4.72 Å². The van der Waals surface area contributed by atoms with Gasteiger partial charge in [-0.05, 0) is 45.0 Å². The summed E-state index contributed by atoms with van der Waals surface area (Å²) in [6, 6.07) is 4.56. The minimum atomic E-state index is -3.46. The van der Waals surface area contributed by atoms with Gasteiger partial charge >= 0.3 is 0 Å². The molecule has 1 atom stereocenters. The molecular formula is C12H21N3O3S. The molecule has 1 rings (SSSR count). The summed E-state index contributed by atoms with van der Waals surface area (Å²) in [7, 11) is -2.11. The smallest absolute Gasteiger partial charge is 0.240 e. The highest BCUT2D eigenvalue weighted by Crippen LogP contribution is 2.22. The normalized spacial score (nSPS) is 13.2. The van der Waals surface area contributed by atoms with Gasteiger partial charge in [-0.2, -0.15) is 0 Å². The summed E-state index contributed by atoms with van der Waals surface area (Å²) in [5.41, 5.74) is 6.89. The van der Waals surface area contributed by atoms with E-state index in [-0.39, 0.29) is 11.0 Å². The van der Waals surface area contributed by atoms with Crippen molar-refractivity contribution in [1.29, 1.82) is 0 Å². The lowest BCUT2D eigenvalue weighted by molar-refractivity contribution is 0.183. The summed E-state index contributed by atoms with van der Waals surface area (Å²) in [5.74, 6) is 0. The molecule has 0 amide bonds. The Morgan fingerprint density at radius 2 is 2.11 bits per heavy atom. The zero-order chi connectivity index (χ0) is 14.5. The number of nitrogen functional groups attached to an aromatic ring is 1. The van der Waals surface area contributed by atoms with Crippen LogP contribution in [0, 0.1) is 0 Å². The minimum Gasteiger partial charge on any atom is -0.397 e. The molecule has 0 saturated heterocycles. The average molecular weight is 287 g/mol. The number of nitrogens with one attached hydrogen (secondary N) is 2. The van der Waals surface area contributed by atoms with E-state index >= 15 is 0 Å². The highest BCUT2D eigenvalue weighted by atomic mass is 32.2. The summed E-state index contributed by atoms with van der Waals surface area (Å²) in [5, 5.41) is 12.2. The molecule has 6 nitrogen and oxygen atoms in total. The molecule has 0 saturated carbocycles. The van der Waals surface area contributed by atoms with E-state index in [4.69, 9.17) is 10.8 Å². The van der Waals surface area contributed by atoms with Gasteiger partial charge in [-0.15, -0.1) is 0 Å². The molecule has 1 unspecified atom stereocenters. The van der Waals surface area contributed by atoms with Crippen molar-refractivity contribution in [3.63, 3.8) is 0 Å². The van der Waals surface area contributed by atoms with E-state index in [1.54, 1.807) is 13.0 Å².